The minimum absolute atomic E-state index is 0.00158. The maximum Gasteiger partial charge on any atom is 0.387 e. The third-order valence-electron chi connectivity index (χ3n) is 5.12. The maximum absolute atomic E-state index is 13.3. The van der Waals surface area contributed by atoms with Crippen molar-refractivity contribution in [2.45, 2.75) is 26.6 Å². The summed E-state index contributed by atoms with van der Waals surface area (Å²) in [6.07, 6.45) is 0. The van der Waals surface area contributed by atoms with E-state index < -0.39 is 17.9 Å². The van der Waals surface area contributed by atoms with Crippen molar-refractivity contribution in [1.82, 2.24) is 9.13 Å². The van der Waals surface area contributed by atoms with Crippen LogP contribution in [-0.2, 0) is 17.8 Å². The van der Waals surface area contributed by atoms with Crippen LogP contribution in [0.4, 0.5) is 8.78 Å². The van der Waals surface area contributed by atoms with E-state index in [-0.39, 0.29) is 17.7 Å². The van der Waals surface area contributed by atoms with Gasteiger partial charge in [0, 0.05) is 17.0 Å². The van der Waals surface area contributed by atoms with Crippen LogP contribution in [0.5, 0.6) is 5.75 Å². The van der Waals surface area contributed by atoms with E-state index in [9.17, 15) is 18.4 Å². The van der Waals surface area contributed by atoms with E-state index in [2.05, 4.69) is 4.74 Å². The molecule has 0 atom stereocenters. The van der Waals surface area contributed by atoms with Crippen molar-refractivity contribution in [3.05, 3.63) is 73.9 Å². The van der Waals surface area contributed by atoms with Crippen LogP contribution in [0, 0.1) is 5.41 Å². The average Bonchev–Trinajstić information content (AvgIpc) is 2.68. The Morgan fingerprint density at radius 3 is 2.43 bits per heavy atom. The van der Waals surface area contributed by atoms with Crippen LogP contribution in [0.25, 0.3) is 10.9 Å². The summed E-state index contributed by atoms with van der Waals surface area (Å²) in [7, 11) is 0. The van der Waals surface area contributed by atoms with Gasteiger partial charge in [-0.05, 0) is 35.9 Å². The molecule has 0 radical (unpaired) electrons. The van der Waals surface area contributed by atoms with Crippen molar-refractivity contribution in [3.8, 4) is 5.75 Å². The largest absolute Gasteiger partial charge is 0.435 e. The molecule has 1 saturated heterocycles. The number of rotatable bonds is 6. The van der Waals surface area contributed by atoms with Gasteiger partial charge in [0.25, 0.3) is 5.56 Å². The molecule has 4 rings (SSSR count). The number of nitrogens with zero attached hydrogens (tertiary/aromatic N) is 2. The molecule has 0 spiro atoms. The molecule has 1 aliphatic heterocycles. The van der Waals surface area contributed by atoms with Crippen molar-refractivity contribution >= 4 is 22.5 Å². The SMILES string of the molecule is CC1(Cn2c(=O)n(Cc3ccc(OC(F)F)cc3)c(=O)c3ccc(Cl)cc32)COC1. The minimum Gasteiger partial charge on any atom is -0.435 e. The van der Waals surface area contributed by atoms with Gasteiger partial charge in [-0.2, -0.15) is 8.78 Å². The predicted octanol–water partition coefficient (Wildman–Crippen LogP) is 3.50. The molecule has 0 bridgehead atoms. The Hall–Kier alpha value is -2.71. The van der Waals surface area contributed by atoms with Gasteiger partial charge in [-0.1, -0.05) is 30.7 Å². The molecule has 3 aromatic rings. The summed E-state index contributed by atoms with van der Waals surface area (Å²) in [5.41, 5.74) is -0.0340. The van der Waals surface area contributed by atoms with Gasteiger partial charge in [-0.15, -0.1) is 0 Å². The van der Waals surface area contributed by atoms with Gasteiger partial charge in [0.15, 0.2) is 0 Å². The molecule has 0 aliphatic carbocycles. The van der Waals surface area contributed by atoms with Crippen molar-refractivity contribution in [2.24, 2.45) is 5.41 Å². The summed E-state index contributed by atoms with van der Waals surface area (Å²) in [5, 5.41) is 0.804. The summed E-state index contributed by atoms with van der Waals surface area (Å²) >= 11 is 6.12. The van der Waals surface area contributed by atoms with E-state index >= 15 is 0 Å². The van der Waals surface area contributed by atoms with Crippen LogP contribution in [-0.4, -0.2) is 29.0 Å². The molecule has 1 aliphatic rings. The number of hydrogen-bond donors (Lipinski definition) is 0. The second-order valence-electron chi connectivity index (χ2n) is 7.75. The monoisotopic (exact) mass is 436 g/mol. The van der Waals surface area contributed by atoms with Crippen LogP contribution in [0.1, 0.15) is 12.5 Å². The Balaban J connectivity index is 1.79. The number of hydrogen-bond acceptors (Lipinski definition) is 4. The van der Waals surface area contributed by atoms with Gasteiger partial charge in [0.1, 0.15) is 5.75 Å². The third-order valence-corrected chi connectivity index (χ3v) is 5.35. The lowest BCUT2D eigenvalue weighted by atomic mass is 9.88. The average molecular weight is 437 g/mol. The number of benzene rings is 2. The Bertz CT molecular complexity index is 1200. The Kier molecular flexibility index (Phi) is 5.38. The first-order chi connectivity index (χ1) is 14.3. The molecule has 0 unspecified atom stereocenters. The van der Waals surface area contributed by atoms with Crippen LogP contribution >= 0.6 is 11.6 Å². The van der Waals surface area contributed by atoms with Crippen LogP contribution in [0.15, 0.2) is 52.1 Å². The van der Waals surface area contributed by atoms with Gasteiger partial charge in [0.05, 0.1) is 30.7 Å². The van der Waals surface area contributed by atoms with Gasteiger partial charge in [0.2, 0.25) is 0 Å². The second-order valence-corrected chi connectivity index (χ2v) is 8.18. The van der Waals surface area contributed by atoms with Crippen LogP contribution < -0.4 is 16.0 Å². The zero-order valence-electron chi connectivity index (χ0n) is 16.1. The quantitative estimate of drug-likeness (QED) is 0.593. The lowest BCUT2D eigenvalue weighted by Gasteiger charge is -2.38. The van der Waals surface area contributed by atoms with E-state index in [4.69, 9.17) is 16.3 Å². The van der Waals surface area contributed by atoms with Gasteiger partial charge in [-0.25, -0.2) is 4.79 Å². The van der Waals surface area contributed by atoms with Crippen molar-refractivity contribution in [1.29, 1.82) is 0 Å². The van der Waals surface area contributed by atoms with Crippen molar-refractivity contribution in [3.63, 3.8) is 0 Å². The number of fused-ring (bicyclic) bond motifs is 1. The highest BCUT2D eigenvalue weighted by molar-refractivity contribution is 6.31. The van der Waals surface area contributed by atoms with E-state index in [1.807, 2.05) is 6.92 Å². The summed E-state index contributed by atoms with van der Waals surface area (Å²) < 4.78 is 37.0. The summed E-state index contributed by atoms with van der Waals surface area (Å²) in [6.45, 7) is 0.507. The molecule has 0 saturated carbocycles. The highest BCUT2D eigenvalue weighted by atomic mass is 35.5. The zero-order chi connectivity index (χ0) is 21.5. The molecule has 6 nitrogen and oxygen atoms in total. The number of halogens is 3. The highest BCUT2D eigenvalue weighted by Gasteiger charge is 2.35. The molecule has 1 aromatic heterocycles. The van der Waals surface area contributed by atoms with Gasteiger partial charge < -0.3 is 9.47 Å². The summed E-state index contributed by atoms with van der Waals surface area (Å²) in [6, 6.07) is 10.7. The first kappa shape index (κ1) is 20.6. The van der Waals surface area contributed by atoms with E-state index in [0.29, 0.717) is 41.2 Å². The Labute approximate surface area is 175 Å². The third kappa shape index (κ3) is 3.97. The topological polar surface area (TPSA) is 62.5 Å². The lowest BCUT2D eigenvalue weighted by Crippen LogP contribution is -2.48. The lowest BCUT2D eigenvalue weighted by molar-refractivity contribution is -0.110. The molecular formula is C21H19ClF2N2O4. The summed E-state index contributed by atoms with van der Waals surface area (Å²) in [5.74, 6) is 0.00423. The highest BCUT2D eigenvalue weighted by Crippen LogP contribution is 2.29. The fourth-order valence-corrected chi connectivity index (χ4v) is 3.73. The van der Waals surface area contributed by atoms with Crippen LogP contribution in [0.3, 0.4) is 0 Å². The molecule has 9 heteroatoms. The Morgan fingerprint density at radius 2 is 1.83 bits per heavy atom. The number of aromatic nitrogens is 2. The normalized spacial score (nSPS) is 15.4. The minimum atomic E-state index is -2.92. The molecule has 2 aromatic carbocycles. The molecular weight excluding hydrogens is 418 g/mol. The summed E-state index contributed by atoms with van der Waals surface area (Å²) in [4.78, 5) is 26.3. The van der Waals surface area contributed by atoms with E-state index in [1.54, 1.807) is 34.9 Å². The first-order valence-electron chi connectivity index (χ1n) is 9.30. The molecule has 0 amide bonds. The standard InChI is InChI=1S/C21H19ClF2N2O4/c1-21(11-29-12-21)10-26-17-8-14(22)4-7-16(17)18(27)25(20(26)28)9-13-2-5-15(6-3-13)30-19(23)24/h2-8,19H,9-12H2,1H3. The van der Waals surface area contributed by atoms with Gasteiger partial charge >= 0.3 is 12.3 Å². The fourth-order valence-electron chi connectivity index (χ4n) is 3.56. The van der Waals surface area contributed by atoms with Crippen molar-refractivity contribution in [2.75, 3.05) is 13.2 Å². The number of ether oxygens (including phenoxy) is 2. The molecule has 2 heterocycles. The molecule has 158 valence electrons. The van der Waals surface area contributed by atoms with E-state index in [0.717, 1.165) is 4.57 Å². The zero-order valence-corrected chi connectivity index (χ0v) is 16.9. The smallest absolute Gasteiger partial charge is 0.387 e. The van der Waals surface area contributed by atoms with Crippen LogP contribution in [0.2, 0.25) is 5.02 Å². The molecule has 0 N–H and O–H groups in total. The first-order valence-corrected chi connectivity index (χ1v) is 9.68. The molecule has 30 heavy (non-hydrogen) atoms. The maximum atomic E-state index is 13.3. The van der Waals surface area contributed by atoms with Gasteiger partial charge in [-0.3, -0.25) is 13.9 Å². The second kappa shape index (κ2) is 7.85. The fraction of sp³-hybridized carbons (Fsp3) is 0.333. The predicted molar refractivity (Wildman–Crippen MR) is 109 cm³/mol. The number of alkyl halides is 2. The van der Waals surface area contributed by atoms with Crippen molar-refractivity contribution < 1.29 is 18.3 Å². The Morgan fingerprint density at radius 1 is 1.13 bits per heavy atom. The van der Waals surface area contributed by atoms with E-state index in [1.165, 1.54) is 12.1 Å². The molecule has 1 fully saturated rings.